The zero-order valence-corrected chi connectivity index (χ0v) is 31.1. The standard InChI is InChI=1S/C39H35B6N3O4/c1-38(2)39(3,4)52-45(51-38)20-11-14-24-23-13-10-19(16-27(23)50-28(24)17-20)36-46-35(18-9-12-22-21-7-5-6-8-25(21)49-26(22)15-18)47-37(48-36)29-30(40)32(42)34(44)33(43)31(29)41/h5-17H,40-44H2,1-4H3. The molecule has 3 aromatic heterocycles. The first-order chi connectivity index (χ1) is 24.8. The lowest BCUT2D eigenvalue weighted by Gasteiger charge is -2.32. The van der Waals surface area contributed by atoms with Crippen molar-refractivity contribution in [2.45, 2.75) is 38.9 Å². The first-order valence-corrected chi connectivity index (χ1v) is 17.9. The van der Waals surface area contributed by atoms with Crippen LogP contribution in [0.15, 0.2) is 87.7 Å². The maximum Gasteiger partial charge on any atom is 0.494 e. The summed E-state index contributed by atoms with van der Waals surface area (Å²) in [6, 6.07) is 26.6. The van der Waals surface area contributed by atoms with Gasteiger partial charge < -0.3 is 18.1 Å². The Balaban J connectivity index is 1.19. The summed E-state index contributed by atoms with van der Waals surface area (Å²) < 4.78 is 25.4. The fraction of sp³-hybridized carbons (Fsp3) is 0.154. The molecular weight excluding hydrogens is 639 g/mol. The molecule has 4 heterocycles. The Morgan fingerprint density at radius 1 is 0.481 bits per heavy atom. The van der Waals surface area contributed by atoms with Gasteiger partial charge >= 0.3 is 7.12 Å². The van der Waals surface area contributed by atoms with Crippen LogP contribution in [0.2, 0.25) is 0 Å². The van der Waals surface area contributed by atoms with Crippen LogP contribution in [0, 0.1) is 0 Å². The third kappa shape index (κ3) is 5.01. The third-order valence-electron chi connectivity index (χ3n) is 11.8. The number of hydrogen-bond donors (Lipinski definition) is 0. The maximum absolute atomic E-state index is 6.51. The lowest BCUT2D eigenvalue weighted by Crippen LogP contribution is -2.55. The van der Waals surface area contributed by atoms with Crippen LogP contribution >= 0.6 is 0 Å². The summed E-state index contributed by atoms with van der Waals surface area (Å²) in [4.78, 5) is 15.4. The number of aromatic nitrogens is 3. The Bertz CT molecular complexity index is 2750. The number of para-hydroxylation sites is 1. The molecule has 5 aromatic carbocycles. The molecule has 0 unspecified atom stereocenters. The Hall–Kier alpha value is -4.98. The summed E-state index contributed by atoms with van der Waals surface area (Å²) in [6.07, 6.45) is 0. The van der Waals surface area contributed by atoms with E-state index in [1.165, 1.54) is 27.3 Å². The van der Waals surface area contributed by atoms with Crippen LogP contribution in [0.4, 0.5) is 0 Å². The highest BCUT2D eigenvalue weighted by Gasteiger charge is 2.51. The number of nitrogens with zero attached hydrogens (tertiary/aromatic N) is 3. The Morgan fingerprint density at radius 3 is 1.50 bits per heavy atom. The largest absolute Gasteiger partial charge is 0.494 e. The van der Waals surface area contributed by atoms with E-state index in [1.807, 2.05) is 36.4 Å². The minimum atomic E-state index is -0.472. The van der Waals surface area contributed by atoms with Gasteiger partial charge in [0.15, 0.2) is 17.5 Å². The molecule has 0 N–H and O–H groups in total. The summed E-state index contributed by atoms with van der Waals surface area (Å²) in [7, 11) is 10.4. The van der Waals surface area contributed by atoms with Crippen molar-refractivity contribution in [3.63, 3.8) is 0 Å². The smallest absolute Gasteiger partial charge is 0.456 e. The number of rotatable bonds is 4. The van der Waals surface area contributed by atoms with Crippen LogP contribution in [0.25, 0.3) is 78.0 Å². The minimum absolute atomic E-state index is 0.428. The Morgan fingerprint density at radius 2 is 0.923 bits per heavy atom. The van der Waals surface area contributed by atoms with Crippen molar-refractivity contribution in [1.29, 1.82) is 0 Å². The molecule has 9 rings (SSSR count). The van der Waals surface area contributed by atoms with Crippen molar-refractivity contribution in [3.05, 3.63) is 78.9 Å². The van der Waals surface area contributed by atoms with Crippen molar-refractivity contribution in [2.75, 3.05) is 0 Å². The summed E-state index contributed by atoms with van der Waals surface area (Å²) in [6.45, 7) is 8.25. The molecule has 1 aliphatic rings. The van der Waals surface area contributed by atoms with E-state index in [4.69, 9.17) is 33.1 Å². The minimum Gasteiger partial charge on any atom is -0.456 e. The van der Waals surface area contributed by atoms with E-state index in [0.717, 1.165) is 66.0 Å². The molecule has 13 heteroatoms. The molecule has 1 aliphatic heterocycles. The monoisotopic (exact) mass is 675 g/mol. The highest BCUT2D eigenvalue weighted by atomic mass is 16.7. The van der Waals surface area contributed by atoms with Gasteiger partial charge in [-0.05, 0) is 69.6 Å². The van der Waals surface area contributed by atoms with Gasteiger partial charge in [-0.25, -0.2) is 15.0 Å². The molecule has 7 nitrogen and oxygen atoms in total. The van der Waals surface area contributed by atoms with Crippen molar-refractivity contribution in [3.8, 4) is 34.2 Å². The van der Waals surface area contributed by atoms with E-state index in [0.29, 0.717) is 17.5 Å². The second-order valence-electron chi connectivity index (χ2n) is 15.3. The number of benzene rings is 5. The van der Waals surface area contributed by atoms with Crippen LogP contribution in [-0.4, -0.2) is 72.5 Å². The fourth-order valence-electron chi connectivity index (χ4n) is 7.50. The van der Waals surface area contributed by atoms with E-state index in [1.54, 1.807) is 0 Å². The highest BCUT2D eigenvalue weighted by molar-refractivity contribution is 6.68. The second-order valence-corrected chi connectivity index (χ2v) is 15.3. The average molecular weight is 675 g/mol. The van der Waals surface area contributed by atoms with Gasteiger partial charge in [0.2, 0.25) is 0 Å². The van der Waals surface area contributed by atoms with E-state index in [2.05, 4.69) is 109 Å². The van der Waals surface area contributed by atoms with E-state index < -0.39 is 18.3 Å². The number of fused-ring (bicyclic) bond motifs is 6. The quantitative estimate of drug-likeness (QED) is 0.248. The first-order valence-electron chi connectivity index (χ1n) is 17.9. The predicted molar refractivity (Wildman–Crippen MR) is 227 cm³/mol. The molecule has 1 saturated heterocycles. The fourth-order valence-corrected chi connectivity index (χ4v) is 7.50. The van der Waals surface area contributed by atoms with E-state index in [9.17, 15) is 0 Å². The van der Waals surface area contributed by atoms with Gasteiger partial charge in [0, 0.05) is 38.2 Å². The molecule has 0 aliphatic carbocycles. The van der Waals surface area contributed by atoms with Crippen molar-refractivity contribution < 1.29 is 18.1 Å². The van der Waals surface area contributed by atoms with E-state index >= 15 is 0 Å². The van der Waals surface area contributed by atoms with Gasteiger partial charge in [-0.1, -0.05) is 53.4 Å². The number of hydrogen-bond acceptors (Lipinski definition) is 7. The average Bonchev–Trinajstić information content (AvgIpc) is 3.76. The van der Waals surface area contributed by atoms with Crippen molar-refractivity contribution in [2.24, 2.45) is 0 Å². The molecule has 0 radical (unpaired) electrons. The molecule has 0 saturated carbocycles. The summed E-state index contributed by atoms with van der Waals surface area (Å²) in [5, 5.41) is 4.18. The van der Waals surface area contributed by atoms with Crippen LogP contribution in [0.3, 0.4) is 0 Å². The predicted octanol–water partition coefficient (Wildman–Crippen LogP) is 0.263. The Labute approximate surface area is 307 Å². The molecule has 0 spiro atoms. The molecule has 8 aromatic rings. The van der Waals surface area contributed by atoms with Gasteiger partial charge in [0.25, 0.3) is 0 Å². The summed E-state index contributed by atoms with van der Waals surface area (Å²) in [5.41, 5.74) is 12.1. The lowest BCUT2D eigenvalue weighted by atomic mass is 9.60. The topological polar surface area (TPSA) is 83.4 Å². The molecule has 0 amide bonds. The normalized spacial score (nSPS) is 15.4. The van der Waals surface area contributed by atoms with Crippen molar-refractivity contribution in [1.82, 2.24) is 15.0 Å². The van der Waals surface area contributed by atoms with Gasteiger partial charge in [-0.2, -0.15) is 0 Å². The van der Waals surface area contributed by atoms with E-state index in [-0.39, 0.29) is 0 Å². The Kier molecular flexibility index (Phi) is 7.28. The summed E-state index contributed by atoms with van der Waals surface area (Å²) in [5.74, 6) is 1.79. The molecule has 248 valence electrons. The van der Waals surface area contributed by atoms with Crippen LogP contribution in [-0.2, 0) is 9.31 Å². The zero-order chi connectivity index (χ0) is 36.3. The molecule has 0 bridgehead atoms. The highest BCUT2D eigenvalue weighted by Crippen LogP contribution is 2.38. The second kappa shape index (κ2) is 11.5. The van der Waals surface area contributed by atoms with Crippen LogP contribution < -0.4 is 32.8 Å². The zero-order valence-electron chi connectivity index (χ0n) is 31.1. The molecule has 52 heavy (non-hydrogen) atoms. The molecule has 1 fully saturated rings. The van der Waals surface area contributed by atoms with Gasteiger partial charge in [0.1, 0.15) is 61.6 Å². The van der Waals surface area contributed by atoms with Crippen LogP contribution in [0.1, 0.15) is 27.7 Å². The first kappa shape index (κ1) is 32.9. The molecular formula is C39H35B6N3O4. The lowest BCUT2D eigenvalue weighted by molar-refractivity contribution is 0.00578. The van der Waals surface area contributed by atoms with Gasteiger partial charge in [-0.3, -0.25) is 0 Å². The molecule has 0 atom stereocenters. The summed E-state index contributed by atoms with van der Waals surface area (Å²) >= 11 is 0. The van der Waals surface area contributed by atoms with Crippen LogP contribution in [0.5, 0.6) is 0 Å². The van der Waals surface area contributed by atoms with Crippen molar-refractivity contribution >= 4 is 123 Å². The van der Waals surface area contributed by atoms with Gasteiger partial charge in [-0.15, -0.1) is 16.4 Å². The maximum atomic E-state index is 6.51. The van der Waals surface area contributed by atoms with Gasteiger partial charge in [0.05, 0.1) is 11.2 Å². The third-order valence-corrected chi connectivity index (χ3v) is 11.8. The number of furan rings is 2. The SMILES string of the molecule is Bc1c(B)c(B)c(-c2nc(-c3ccc4c(c3)oc3ccccc34)nc(-c3ccc4c(c3)oc3cc(B5OC(C)(C)C(C)(C)O5)ccc34)n2)c(B)c1B.